The second-order valence-corrected chi connectivity index (χ2v) is 9.52. The Hall–Kier alpha value is -4.37. The Morgan fingerprint density at radius 1 is 0.474 bits per heavy atom. The fourth-order valence-electron chi connectivity index (χ4n) is 5.50. The average Bonchev–Trinajstić information content (AvgIpc) is 3.74. The summed E-state index contributed by atoms with van der Waals surface area (Å²) in [4.78, 5) is 13.9. The van der Waals surface area contributed by atoms with E-state index in [1.165, 1.54) is 0 Å². The molecule has 38 heavy (non-hydrogen) atoms. The van der Waals surface area contributed by atoms with Crippen molar-refractivity contribution in [2.45, 2.75) is 11.2 Å². The molecule has 0 saturated heterocycles. The molecule has 0 amide bonds. The molecular weight excluding hydrogens is 464 g/mol. The molecule has 5 aromatic carbocycles. The first-order chi connectivity index (χ1) is 18.8. The van der Waals surface area contributed by atoms with Crippen LogP contribution in [0.2, 0.25) is 0 Å². The van der Waals surface area contributed by atoms with Crippen LogP contribution >= 0.6 is 0 Å². The normalized spacial score (nSPS) is 13.7. The molecule has 2 heteroatoms. The molecule has 0 atom stereocenters. The quantitative estimate of drug-likeness (QED) is 0.117. The number of hydrogen-bond acceptors (Lipinski definition) is 2. The van der Waals surface area contributed by atoms with E-state index in [0.717, 1.165) is 27.8 Å². The summed E-state index contributed by atoms with van der Waals surface area (Å²) in [7, 11) is 0. The SMILES string of the molecule is C1=CC(C(OOC(c2ccccc2)(c2ccccc2)c2cc[cH-]c2)(c2ccccc2)c2ccccc2)C=C1. The van der Waals surface area contributed by atoms with Crippen LogP contribution < -0.4 is 0 Å². The molecule has 6 rings (SSSR count). The van der Waals surface area contributed by atoms with Crippen molar-refractivity contribution in [3.63, 3.8) is 0 Å². The van der Waals surface area contributed by atoms with Gasteiger partial charge in [-0.2, -0.15) is 23.8 Å². The van der Waals surface area contributed by atoms with E-state index in [-0.39, 0.29) is 5.92 Å². The molecule has 1 aliphatic rings. The molecular formula is C36H29O2-. The maximum absolute atomic E-state index is 6.98. The second kappa shape index (κ2) is 10.5. The van der Waals surface area contributed by atoms with Crippen molar-refractivity contribution in [2.24, 2.45) is 5.92 Å². The minimum Gasteiger partial charge on any atom is -0.228 e. The van der Waals surface area contributed by atoms with Crippen LogP contribution in [0.15, 0.2) is 170 Å². The summed E-state index contributed by atoms with van der Waals surface area (Å²) in [6.07, 6.45) is 8.51. The van der Waals surface area contributed by atoms with Crippen molar-refractivity contribution in [3.8, 4) is 0 Å². The van der Waals surface area contributed by atoms with Gasteiger partial charge in [-0.25, -0.2) is 15.8 Å². The Morgan fingerprint density at radius 2 is 0.921 bits per heavy atom. The lowest BCUT2D eigenvalue weighted by molar-refractivity contribution is -0.401. The molecule has 0 N–H and O–H groups in total. The molecule has 5 aromatic rings. The van der Waals surface area contributed by atoms with E-state index in [4.69, 9.17) is 9.78 Å². The van der Waals surface area contributed by atoms with Gasteiger partial charge >= 0.3 is 0 Å². The Morgan fingerprint density at radius 3 is 1.34 bits per heavy atom. The first-order valence-electron chi connectivity index (χ1n) is 13.0. The van der Waals surface area contributed by atoms with Gasteiger partial charge < -0.3 is 0 Å². The molecule has 2 nitrogen and oxygen atoms in total. The molecule has 0 fully saturated rings. The lowest BCUT2D eigenvalue weighted by Gasteiger charge is -2.44. The van der Waals surface area contributed by atoms with Crippen molar-refractivity contribution in [1.82, 2.24) is 0 Å². The molecule has 0 aromatic heterocycles. The maximum atomic E-state index is 6.98. The molecule has 0 radical (unpaired) electrons. The van der Waals surface area contributed by atoms with E-state index in [1.54, 1.807) is 0 Å². The summed E-state index contributed by atoms with van der Waals surface area (Å²) in [6, 6.07) is 49.7. The molecule has 0 spiro atoms. The number of allylic oxidation sites excluding steroid dienone is 2. The van der Waals surface area contributed by atoms with Gasteiger partial charge in [0.25, 0.3) is 0 Å². The lowest BCUT2D eigenvalue weighted by atomic mass is 9.76. The third kappa shape index (κ3) is 4.14. The largest absolute Gasteiger partial charge is 0.228 e. The van der Waals surface area contributed by atoms with Gasteiger partial charge in [-0.3, -0.25) is 0 Å². The topological polar surface area (TPSA) is 18.5 Å². The van der Waals surface area contributed by atoms with Crippen LogP contribution in [0.5, 0.6) is 0 Å². The van der Waals surface area contributed by atoms with Crippen molar-refractivity contribution in [1.29, 1.82) is 0 Å². The summed E-state index contributed by atoms with van der Waals surface area (Å²) >= 11 is 0. The minimum atomic E-state index is -0.993. The molecule has 186 valence electrons. The van der Waals surface area contributed by atoms with Gasteiger partial charge in [0.1, 0.15) is 5.60 Å². The Labute approximate surface area is 224 Å². The zero-order valence-electron chi connectivity index (χ0n) is 21.1. The lowest BCUT2D eigenvalue weighted by Crippen LogP contribution is -2.42. The van der Waals surface area contributed by atoms with Crippen LogP contribution in [0.1, 0.15) is 27.8 Å². The highest BCUT2D eigenvalue weighted by atomic mass is 17.2. The van der Waals surface area contributed by atoms with Gasteiger partial charge in [-0.15, -0.1) is 0 Å². The van der Waals surface area contributed by atoms with Gasteiger partial charge in [0.05, 0.1) is 0 Å². The van der Waals surface area contributed by atoms with Gasteiger partial charge in [-0.05, 0) is 22.3 Å². The summed E-state index contributed by atoms with van der Waals surface area (Å²) in [6.45, 7) is 0. The van der Waals surface area contributed by atoms with E-state index < -0.39 is 11.2 Å². The smallest absolute Gasteiger partial charge is 0.163 e. The first kappa shape index (κ1) is 24.0. The van der Waals surface area contributed by atoms with Crippen LogP contribution in [0, 0.1) is 5.92 Å². The van der Waals surface area contributed by atoms with Gasteiger partial charge in [0.2, 0.25) is 0 Å². The van der Waals surface area contributed by atoms with E-state index in [0.29, 0.717) is 0 Å². The van der Waals surface area contributed by atoms with Crippen LogP contribution in [0.3, 0.4) is 0 Å². The maximum Gasteiger partial charge on any atom is 0.163 e. The predicted molar refractivity (Wildman–Crippen MR) is 152 cm³/mol. The third-order valence-electron chi connectivity index (χ3n) is 7.35. The van der Waals surface area contributed by atoms with E-state index in [1.807, 2.05) is 60.7 Å². The summed E-state index contributed by atoms with van der Waals surface area (Å²) < 4.78 is 0. The molecule has 0 saturated carbocycles. The first-order valence-corrected chi connectivity index (χ1v) is 13.0. The van der Waals surface area contributed by atoms with Crippen LogP contribution in [-0.4, -0.2) is 0 Å². The van der Waals surface area contributed by atoms with Gasteiger partial charge in [-0.1, -0.05) is 146 Å². The number of benzene rings is 4. The van der Waals surface area contributed by atoms with E-state index >= 15 is 0 Å². The van der Waals surface area contributed by atoms with Crippen LogP contribution in [-0.2, 0) is 21.0 Å². The zero-order chi connectivity index (χ0) is 25.7. The summed E-state index contributed by atoms with van der Waals surface area (Å²) in [5.74, 6) is -0.0730. The van der Waals surface area contributed by atoms with Crippen LogP contribution in [0.25, 0.3) is 0 Å². The van der Waals surface area contributed by atoms with Crippen molar-refractivity contribution >= 4 is 0 Å². The fourth-order valence-corrected chi connectivity index (χ4v) is 5.50. The zero-order valence-corrected chi connectivity index (χ0v) is 21.1. The molecule has 0 aliphatic heterocycles. The van der Waals surface area contributed by atoms with Crippen molar-refractivity contribution in [3.05, 3.63) is 198 Å². The molecule has 1 aliphatic carbocycles. The fraction of sp³-hybridized carbons (Fsp3) is 0.0833. The number of rotatable bonds is 9. The highest BCUT2D eigenvalue weighted by Gasteiger charge is 2.46. The Balaban J connectivity index is 1.58. The Kier molecular flexibility index (Phi) is 6.66. The van der Waals surface area contributed by atoms with Crippen molar-refractivity contribution < 1.29 is 9.78 Å². The molecule has 0 heterocycles. The van der Waals surface area contributed by atoms with Gasteiger partial charge in [0.15, 0.2) is 5.60 Å². The van der Waals surface area contributed by atoms with E-state index in [9.17, 15) is 0 Å². The van der Waals surface area contributed by atoms with Crippen molar-refractivity contribution in [2.75, 3.05) is 0 Å². The molecule has 0 unspecified atom stereocenters. The second-order valence-electron chi connectivity index (χ2n) is 9.52. The third-order valence-corrected chi connectivity index (χ3v) is 7.35. The highest BCUT2D eigenvalue weighted by Crippen LogP contribution is 2.48. The van der Waals surface area contributed by atoms with Gasteiger partial charge in [0, 0.05) is 5.92 Å². The summed E-state index contributed by atoms with van der Waals surface area (Å²) in [5.41, 5.74) is 3.10. The standard InChI is InChI=1S/C36H29O2/c1-5-17-29(18-6-1)35(33-25-13-14-26-33,30-19-7-2-8-20-30)37-38-36(34-27-15-16-28-34,31-21-9-3-10-22-31)32-23-11-4-12-24-32/h1-28,33H/q-1. The molecule has 0 bridgehead atoms. The Bertz CT molecular complexity index is 1390. The summed E-state index contributed by atoms with van der Waals surface area (Å²) in [5, 5.41) is 0. The predicted octanol–water partition coefficient (Wildman–Crippen LogP) is 8.33. The average molecular weight is 494 g/mol. The highest BCUT2D eigenvalue weighted by molar-refractivity contribution is 5.48. The van der Waals surface area contributed by atoms with E-state index in [2.05, 4.69) is 109 Å². The monoisotopic (exact) mass is 493 g/mol. The van der Waals surface area contributed by atoms with Crippen LogP contribution in [0.4, 0.5) is 0 Å². The minimum absolute atomic E-state index is 0.0730. The number of hydrogen-bond donors (Lipinski definition) is 0.